The van der Waals surface area contributed by atoms with Crippen LogP contribution in [0.1, 0.15) is 53.4 Å². The van der Waals surface area contributed by atoms with Crippen molar-refractivity contribution in [2.75, 3.05) is 6.54 Å². The van der Waals surface area contributed by atoms with Crippen LogP contribution in [0.2, 0.25) is 0 Å². The normalized spacial score (nSPS) is 9.67. The van der Waals surface area contributed by atoms with Gasteiger partial charge in [-0.1, -0.05) is 33.6 Å². The molecule has 0 rings (SSSR count). The fourth-order valence-corrected chi connectivity index (χ4v) is 0.967. The Balaban J connectivity index is -0.000000238. The molecule has 0 saturated heterocycles. The molecule has 0 heterocycles. The zero-order chi connectivity index (χ0) is 13.9. The summed E-state index contributed by atoms with van der Waals surface area (Å²) in [7, 11) is 0. The van der Waals surface area contributed by atoms with Crippen LogP contribution in [0.4, 0.5) is 0 Å². The molecule has 0 atom stereocenters. The van der Waals surface area contributed by atoms with Crippen LogP contribution in [0.25, 0.3) is 0 Å². The second-order valence-electron chi connectivity index (χ2n) is 5.22. The maximum atomic E-state index is 10.4. The van der Waals surface area contributed by atoms with Crippen LogP contribution in [0.5, 0.6) is 0 Å². The molecule has 0 unspecified atom stereocenters. The van der Waals surface area contributed by atoms with E-state index < -0.39 is 0 Å². The quantitative estimate of drug-likeness (QED) is 0.689. The molecule has 4 heteroatoms. The Bertz CT molecular complexity index is 222. The summed E-state index contributed by atoms with van der Waals surface area (Å²) < 4.78 is 0. The topological polar surface area (TPSA) is 46.2 Å². The fourth-order valence-electron chi connectivity index (χ4n) is 0.967. The van der Waals surface area contributed by atoms with Gasteiger partial charge in [-0.25, -0.2) is 0 Å². The molecule has 0 aromatic heterocycles. The Labute approximate surface area is 127 Å². The summed E-state index contributed by atoms with van der Waals surface area (Å²) in [5.41, 5.74) is 0.512. The molecule has 18 heavy (non-hydrogen) atoms. The van der Waals surface area contributed by atoms with Crippen molar-refractivity contribution >= 4 is 11.7 Å². The standard InChI is InChI=1S/C8H17.C6H10NO2.W/c1-5-6-7-8(2,3)4;1-3-6(9)4-7-5(2)8;/h1,5-7H2,2-4H3;1,3-4H2,2H3,(H,7,8);/q2*-1;+2. The zero-order valence-corrected chi connectivity index (χ0v) is 15.1. The number of unbranched alkanes of at least 4 members (excludes halogenated alkanes) is 1. The van der Waals surface area contributed by atoms with Crippen molar-refractivity contribution in [2.45, 2.75) is 53.4 Å². The van der Waals surface area contributed by atoms with E-state index in [1.54, 1.807) is 0 Å². The minimum atomic E-state index is -0.184. The molecule has 1 N–H and O–H groups in total. The Hall–Kier alpha value is -0.172. The number of nitrogens with one attached hydrogen (secondary N) is 1. The monoisotopic (exact) mass is 425 g/mol. The van der Waals surface area contributed by atoms with Crippen LogP contribution in [0, 0.1) is 19.3 Å². The zero-order valence-electron chi connectivity index (χ0n) is 12.2. The van der Waals surface area contributed by atoms with Crippen LogP contribution in [-0.4, -0.2) is 18.2 Å². The van der Waals surface area contributed by atoms with Crippen molar-refractivity contribution < 1.29 is 30.7 Å². The summed E-state index contributed by atoms with van der Waals surface area (Å²) in [5.74, 6) is -0.234. The number of hydrogen-bond acceptors (Lipinski definition) is 2. The van der Waals surface area contributed by atoms with E-state index in [2.05, 4.69) is 39.9 Å². The van der Waals surface area contributed by atoms with E-state index in [1.807, 2.05) is 0 Å². The molecule has 0 radical (unpaired) electrons. The summed E-state index contributed by atoms with van der Waals surface area (Å²) in [4.78, 5) is 20.6. The van der Waals surface area contributed by atoms with E-state index in [4.69, 9.17) is 0 Å². The maximum Gasteiger partial charge on any atom is 2.00 e. The summed E-state index contributed by atoms with van der Waals surface area (Å²) in [5, 5.41) is 2.37. The molecule has 1 amide bonds. The van der Waals surface area contributed by atoms with Crippen LogP contribution >= 0.6 is 0 Å². The average Bonchev–Trinajstić information content (AvgIpc) is 2.22. The summed E-state index contributed by atoms with van der Waals surface area (Å²) in [6.45, 7) is 15.4. The molecule has 0 aliphatic heterocycles. The van der Waals surface area contributed by atoms with Gasteiger partial charge in [-0.15, -0.1) is 6.42 Å². The molecule has 0 aromatic carbocycles. The third-order valence-electron chi connectivity index (χ3n) is 1.99. The van der Waals surface area contributed by atoms with Crippen molar-refractivity contribution in [2.24, 2.45) is 5.41 Å². The molecule has 3 nitrogen and oxygen atoms in total. The molecule has 0 fully saturated rings. The van der Waals surface area contributed by atoms with Gasteiger partial charge in [-0.05, 0) is 5.41 Å². The first kappa shape index (κ1) is 23.0. The van der Waals surface area contributed by atoms with E-state index in [9.17, 15) is 9.59 Å². The van der Waals surface area contributed by atoms with Crippen molar-refractivity contribution in [1.82, 2.24) is 5.32 Å². The van der Waals surface area contributed by atoms with Gasteiger partial charge in [0, 0.05) is 6.92 Å². The van der Waals surface area contributed by atoms with Crippen LogP contribution < -0.4 is 5.32 Å². The van der Waals surface area contributed by atoms with Gasteiger partial charge in [0.2, 0.25) is 5.91 Å². The number of ketones is 1. The van der Waals surface area contributed by atoms with Crippen molar-refractivity contribution in [3.8, 4) is 0 Å². The number of Topliss-reactive ketones (excluding diaryl/α,β-unsaturated/α-hetero) is 1. The Morgan fingerprint density at radius 3 is 1.89 bits per heavy atom. The molecule has 0 bridgehead atoms. The SMILES string of the molecule is [CH2-]CC(=O)CNC(C)=O.[CH2-]CCCC(C)(C)C.[W+2]. The molecule has 0 spiro atoms. The van der Waals surface area contributed by atoms with Crippen molar-refractivity contribution in [3.63, 3.8) is 0 Å². The van der Waals surface area contributed by atoms with Gasteiger partial charge in [-0.3, -0.25) is 4.79 Å². The molecular formula is C14H27NO2W. The van der Waals surface area contributed by atoms with Crippen LogP contribution in [-0.2, 0) is 30.7 Å². The number of hydrogen-bond donors (Lipinski definition) is 1. The minimum Gasteiger partial charge on any atom is -0.349 e. The number of carbonyl (C=O) groups excluding carboxylic acids is 2. The van der Waals surface area contributed by atoms with E-state index in [-0.39, 0.29) is 45.7 Å². The molecule has 0 aliphatic carbocycles. The predicted molar refractivity (Wildman–Crippen MR) is 72.3 cm³/mol. The number of carbonyl (C=O) groups is 2. The fraction of sp³-hybridized carbons (Fsp3) is 0.714. The van der Waals surface area contributed by atoms with Gasteiger partial charge in [0.1, 0.15) is 5.78 Å². The van der Waals surface area contributed by atoms with Gasteiger partial charge in [0.25, 0.3) is 0 Å². The Morgan fingerprint density at radius 2 is 1.67 bits per heavy atom. The predicted octanol–water partition coefficient (Wildman–Crippen LogP) is 2.95. The van der Waals surface area contributed by atoms with Gasteiger partial charge in [0.15, 0.2) is 0 Å². The van der Waals surface area contributed by atoms with Gasteiger partial charge < -0.3 is 24.0 Å². The average molecular weight is 425 g/mol. The van der Waals surface area contributed by atoms with Crippen molar-refractivity contribution in [1.29, 1.82) is 0 Å². The first-order valence-electron chi connectivity index (χ1n) is 6.07. The maximum absolute atomic E-state index is 10.4. The van der Waals surface area contributed by atoms with Gasteiger partial charge >= 0.3 is 21.1 Å². The molecular weight excluding hydrogens is 398 g/mol. The third kappa shape index (κ3) is 24.9. The van der Waals surface area contributed by atoms with E-state index in [0.717, 1.165) is 6.42 Å². The smallest absolute Gasteiger partial charge is 0.349 e. The summed E-state index contributed by atoms with van der Waals surface area (Å²) in [6.07, 6.45) is 3.89. The second kappa shape index (κ2) is 13.3. The van der Waals surface area contributed by atoms with Crippen molar-refractivity contribution in [3.05, 3.63) is 13.8 Å². The van der Waals surface area contributed by atoms with E-state index in [1.165, 1.54) is 19.8 Å². The van der Waals surface area contributed by atoms with Gasteiger partial charge in [0.05, 0.1) is 6.54 Å². The molecule has 0 aromatic rings. The molecule has 0 saturated carbocycles. The first-order valence-corrected chi connectivity index (χ1v) is 6.07. The Kier molecular flexibility index (Phi) is 16.9. The second-order valence-corrected chi connectivity index (χ2v) is 5.22. The third-order valence-corrected chi connectivity index (χ3v) is 1.99. The van der Waals surface area contributed by atoms with Crippen LogP contribution in [0.15, 0.2) is 0 Å². The van der Waals surface area contributed by atoms with E-state index >= 15 is 0 Å². The minimum absolute atomic E-state index is 0. The van der Waals surface area contributed by atoms with Gasteiger partial charge in [-0.2, -0.15) is 6.42 Å². The molecule has 0 aliphatic rings. The first-order chi connectivity index (χ1) is 7.72. The van der Waals surface area contributed by atoms with E-state index in [0.29, 0.717) is 5.41 Å². The number of amides is 1. The molecule has 106 valence electrons. The number of rotatable bonds is 5. The largest absolute Gasteiger partial charge is 2.00 e. The summed E-state index contributed by atoms with van der Waals surface area (Å²) in [6, 6.07) is 0. The summed E-state index contributed by atoms with van der Waals surface area (Å²) >= 11 is 0. The van der Waals surface area contributed by atoms with Crippen LogP contribution in [0.3, 0.4) is 0 Å². The Morgan fingerprint density at radius 1 is 1.17 bits per heavy atom.